The van der Waals surface area contributed by atoms with Gasteiger partial charge >= 0.3 is 5.69 Å². The normalized spacial score (nSPS) is 13.6. The highest BCUT2D eigenvalue weighted by Gasteiger charge is 2.28. The summed E-state index contributed by atoms with van der Waals surface area (Å²) in [5, 5.41) is 20.8. The van der Waals surface area contributed by atoms with Crippen LogP contribution in [0.15, 0.2) is 52.3 Å². The van der Waals surface area contributed by atoms with Crippen LogP contribution in [0.5, 0.6) is 0 Å². The minimum atomic E-state index is -0.374. The van der Waals surface area contributed by atoms with Crippen molar-refractivity contribution < 1.29 is 0 Å². The van der Waals surface area contributed by atoms with Gasteiger partial charge < -0.3 is 4.57 Å². The van der Waals surface area contributed by atoms with Crippen LogP contribution >= 0.6 is 0 Å². The lowest BCUT2D eigenvalue weighted by atomic mass is 10.1. The minimum absolute atomic E-state index is 0.347. The second-order valence-corrected chi connectivity index (χ2v) is 10.4. The number of aromatic nitrogens is 10. The summed E-state index contributed by atoms with van der Waals surface area (Å²) in [6.07, 6.45) is 5.81. The Labute approximate surface area is 221 Å². The van der Waals surface area contributed by atoms with Gasteiger partial charge in [0.05, 0.1) is 17.8 Å². The molecule has 1 N–H and O–H groups in total. The van der Waals surface area contributed by atoms with E-state index in [2.05, 4.69) is 31.7 Å². The molecular weight excluding hydrogens is 496 g/mol. The average Bonchev–Trinajstić information content (AvgIpc) is 3.27. The number of pyridine rings is 1. The number of aryl methyl sites for hydroxylation is 2. The van der Waals surface area contributed by atoms with Crippen molar-refractivity contribution in [3.8, 4) is 22.8 Å². The number of tetrazole rings is 1. The number of aromatic amines is 1. The molecule has 6 aromatic rings. The Kier molecular flexibility index (Phi) is 5.12. The van der Waals surface area contributed by atoms with E-state index in [0.29, 0.717) is 41.6 Å². The highest BCUT2D eigenvalue weighted by atomic mass is 16.2. The van der Waals surface area contributed by atoms with Crippen molar-refractivity contribution >= 4 is 21.9 Å². The SMILES string of the molecule is Cc1ccc2nccc(Cn3nc4c(c3-c3cc(-c5nn[nH]n5)cn3C)c(=O)n(C)c(=O)n4CC3CC3)c2c1. The summed E-state index contributed by atoms with van der Waals surface area (Å²) < 4.78 is 6.60. The van der Waals surface area contributed by atoms with Crippen molar-refractivity contribution in [2.75, 3.05) is 0 Å². The molecule has 0 radical (unpaired) electrons. The van der Waals surface area contributed by atoms with Crippen LogP contribution in [-0.2, 0) is 27.2 Å². The van der Waals surface area contributed by atoms with Crippen LogP contribution in [0, 0.1) is 12.8 Å². The fraction of sp³-hybridized carbons (Fsp3) is 0.296. The van der Waals surface area contributed by atoms with Crippen LogP contribution in [0.25, 0.3) is 44.7 Å². The quantitative estimate of drug-likeness (QED) is 0.355. The van der Waals surface area contributed by atoms with E-state index in [4.69, 9.17) is 5.10 Å². The maximum absolute atomic E-state index is 13.7. The molecule has 7 rings (SSSR count). The lowest BCUT2D eigenvalue weighted by Gasteiger charge is -2.11. The van der Waals surface area contributed by atoms with Gasteiger partial charge in [0.25, 0.3) is 5.56 Å². The van der Waals surface area contributed by atoms with Gasteiger partial charge in [-0.05, 0) is 60.7 Å². The number of H-pyrrole nitrogens is 1. The molecule has 12 nitrogen and oxygen atoms in total. The summed E-state index contributed by atoms with van der Waals surface area (Å²) in [7, 11) is 3.43. The fourth-order valence-electron chi connectivity index (χ4n) is 5.28. The van der Waals surface area contributed by atoms with Crippen LogP contribution in [0.1, 0.15) is 24.0 Å². The number of nitrogens with zero attached hydrogens (tertiary/aromatic N) is 9. The molecule has 5 heterocycles. The minimum Gasteiger partial charge on any atom is -0.349 e. The van der Waals surface area contributed by atoms with Crippen molar-refractivity contribution in [2.24, 2.45) is 20.0 Å². The molecule has 0 unspecified atom stereocenters. The second-order valence-electron chi connectivity index (χ2n) is 10.4. The lowest BCUT2D eigenvalue weighted by Crippen LogP contribution is -2.38. The van der Waals surface area contributed by atoms with Gasteiger partial charge in [0, 0.05) is 44.0 Å². The monoisotopic (exact) mass is 522 g/mol. The molecule has 1 aliphatic carbocycles. The molecule has 196 valence electrons. The van der Waals surface area contributed by atoms with E-state index in [1.165, 1.54) is 11.6 Å². The molecule has 0 spiro atoms. The van der Waals surface area contributed by atoms with Crippen molar-refractivity contribution in [3.63, 3.8) is 0 Å². The largest absolute Gasteiger partial charge is 0.349 e. The second kappa shape index (κ2) is 8.58. The molecule has 1 fully saturated rings. The summed E-state index contributed by atoms with van der Waals surface area (Å²) in [5.74, 6) is 0.866. The molecule has 0 saturated heterocycles. The van der Waals surface area contributed by atoms with Crippen molar-refractivity contribution in [1.82, 2.24) is 49.1 Å². The Bertz CT molecular complexity index is 2000. The summed E-state index contributed by atoms with van der Waals surface area (Å²) in [4.78, 5) is 31.5. The Morgan fingerprint density at radius 1 is 1.10 bits per heavy atom. The Morgan fingerprint density at radius 2 is 1.95 bits per heavy atom. The maximum atomic E-state index is 13.7. The van der Waals surface area contributed by atoms with E-state index in [1.54, 1.807) is 10.8 Å². The zero-order chi connectivity index (χ0) is 26.8. The van der Waals surface area contributed by atoms with Gasteiger partial charge in [-0.15, -0.1) is 10.2 Å². The lowest BCUT2D eigenvalue weighted by molar-refractivity contribution is 0.572. The highest BCUT2D eigenvalue weighted by Crippen LogP contribution is 2.34. The van der Waals surface area contributed by atoms with Gasteiger partial charge in [0.1, 0.15) is 11.1 Å². The van der Waals surface area contributed by atoms with E-state index < -0.39 is 0 Å². The Balaban J connectivity index is 1.52. The van der Waals surface area contributed by atoms with E-state index in [0.717, 1.165) is 46.1 Å². The van der Waals surface area contributed by atoms with Crippen LogP contribution in [0.4, 0.5) is 0 Å². The van der Waals surface area contributed by atoms with Crippen molar-refractivity contribution in [3.05, 3.63) is 74.7 Å². The van der Waals surface area contributed by atoms with Gasteiger partial charge in [-0.3, -0.25) is 23.6 Å². The fourth-order valence-corrected chi connectivity index (χ4v) is 5.28. The standard InChI is InChI=1S/C27H26N10O2/c1-15-4-7-20-19(10-15)17(8-9-28-20)14-37-23(21-11-18(13-34(21)2)24-29-32-33-30-24)22-25(31-37)36(12-16-5-6-16)27(39)35(3)26(22)38/h4,7-11,13,16H,5-6,12,14H2,1-3H3,(H,29,30,32,33). The first-order valence-corrected chi connectivity index (χ1v) is 12.8. The van der Waals surface area contributed by atoms with E-state index in [1.807, 2.05) is 53.7 Å². The summed E-state index contributed by atoms with van der Waals surface area (Å²) in [5.41, 5.74) is 4.83. The number of fused-ring (bicyclic) bond motifs is 2. The third-order valence-corrected chi connectivity index (χ3v) is 7.52. The zero-order valence-corrected chi connectivity index (χ0v) is 21.8. The molecule has 12 heteroatoms. The van der Waals surface area contributed by atoms with Crippen molar-refractivity contribution in [2.45, 2.75) is 32.9 Å². The van der Waals surface area contributed by atoms with Crippen LogP contribution in [0.3, 0.4) is 0 Å². The van der Waals surface area contributed by atoms with Gasteiger partial charge in [0.2, 0.25) is 5.82 Å². The number of rotatable bonds is 6. The van der Waals surface area contributed by atoms with Gasteiger partial charge in [-0.25, -0.2) is 4.79 Å². The molecule has 0 aliphatic heterocycles. The summed E-state index contributed by atoms with van der Waals surface area (Å²) in [6, 6.07) is 10.0. The third kappa shape index (κ3) is 3.78. The Morgan fingerprint density at radius 3 is 2.72 bits per heavy atom. The average molecular weight is 523 g/mol. The first-order valence-electron chi connectivity index (χ1n) is 12.8. The van der Waals surface area contributed by atoms with Gasteiger partial charge in [-0.1, -0.05) is 11.6 Å². The molecule has 1 aromatic carbocycles. The molecule has 5 aromatic heterocycles. The molecular formula is C27H26N10O2. The number of hydrogen-bond donors (Lipinski definition) is 1. The topological polar surface area (TPSA) is 134 Å². The molecule has 1 saturated carbocycles. The number of benzene rings is 1. The first kappa shape index (κ1) is 23.3. The first-order chi connectivity index (χ1) is 18.9. The van der Waals surface area contributed by atoms with E-state index in [-0.39, 0.29) is 11.2 Å². The highest BCUT2D eigenvalue weighted by molar-refractivity contribution is 5.91. The smallest absolute Gasteiger partial charge is 0.332 e. The predicted octanol–water partition coefficient (Wildman–Crippen LogP) is 2.40. The molecule has 0 atom stereocenters. The summed E-state index contributed by atoms with van der Waals surface area (Å²) in [6.45, 7) is 2.97. The molecule has 1 aliphatic rings. The van der Waals surface area contributed by atoms with Crippen LogP contribution in [0.2, 0.25) is 0 Å². The van der Waals surface area contributed by atoms with Gasteiger partial charge in [-0.2, -0.15) is 10.3 Å². The van der Waals surface area contributed by atoms with Gasteiger partial charge in [0.15, 0.2) is 5.65 Å². The number of hydrogen-bond acceptors (Lipinski definition) is 7. The van der Waals surface area contributed by atoms with Crippen LogP contribution in [-0.4, -0.2) is 49.1 Å². The predicted molar refractivity (Wildman–Crippen MR) is 145 cm³/mol. The summed E-state index contributed by atoms with van der Waals surface area (Å²) >= 11 is 0. The Hall–Kier alpha value is -4.87. The third-order valence-electron chi connectivity index (χ3n) is 7.52. The molecule has 0 amide bonds. The maximum Gasteiger partial charge on any atom is 0.332 e. The zero-order valence-electron chi connectivity index (χ0n) is 21.8. The molecule has 0 bridgehead atoms. The van der Waals surface area contributed by atoms with Crippen LogP contribution < -0.4 is 11.2 Å². The van der Waals surface area contributed by atoms with E-state index in [9.17, 15) is 9.59 Å². The van der Waals surface area contributed by atoms with E-state index >= 15 is 0 Å². The van der Waals surface area contributed by atoms with Crippen molar-refractivity contribution in [1.29, 1.82) is 0 Å². The number of nitrogens with one attached hydrogen (secondary N) is 1. The molecule has 39 heavy (non-hydrogen) atoms.